The Morgan fingerprint density at radius 1 is 1.42 bits per heavy atom. The van der Waals surface area contributed by atoms with Crippen molar-refractivity contribution in [2.45, 2.75) is 13.3 Å². The Morgan fingerprint density at radius 3 is 2.95 bits per heavy atom. The van der Waals surface area contributed by atoms with E-state index in [0.29, 0.717) is 18.2 Å². The fourth-order valence-corrected chi connectivity index (χ4v) is 1.95. The van der Waals surface area contributed by atoms with Crippen molar-refractivity contribution in [1.82, 2.24) is 10.1 Å². The summed E-state index contributed by atoms with van der Waals surface area (Å²) in [5.41, 5.74) is 2.53. The number of carbonyl (C=O) groups is 1. The highest BCUT2D eigenvalue weighted by Crippen LogP contribution is 2.26. The van der Waals surface area contributed by atoms with E-state index in [-0.39, 0.29) is 0 Å². The summed E-state index contributed by atoms with van der Waals surface area (Å²) in [5.74, 6) is 1.10. The van der Waals surface area contributed by atoms with Crippen LogP contribution in [0.15, 0.2) is 22.7 Å². The average molecular weight is 258 g/mol. The van der Waals surface area contributed by atoms with E-state index in [9.17, 15) is 4.79 Å². The predicted molar refractivity (Wildman–Crippen MR) is 71.0 cm³/mol. The quantitative estimate of drug-likeness (QED) is 0.847. The molecule has 19 heavy (non-hydrogen) atoms. The molecular weight excluding hydrogens is 244 g/mol. The summed E-state index contributed by atoms with van der Waals surface area (Å²) in [6.07, 6.45) is 1.83. The van der Waals surface area contributed by atoms with Gasteiger partial charge in [-0.05, 0) is 36.2 Å². The lowest BCUT2D eigenvalue weighted by molar-refractivity contribution is -0.105. The van der Waals surface area contributed by atoms with Crippen LogP contribution >= 0.6 is 0 Å². The zero-order chi connectivity index (χ0) is 13.2. The Labute approximate surface area is 110 Å². The number of benzene rings is 1. The zero-order valence-corrected chi connectivity index (χ0v) is 10.6. The van der Waals surface area contributed by atoms with Crippen molar-refractivity contribution in [3.8, 4) is 11.5 Å². The highest BCUT2D eigenvalue weighted by molar-refractivity contribution is 5.76. The molecule has 1 N–H and O–H groups in total. The summed E-state index contributed by atoms with van der Waals surface area (Å²) < 4.78 is 5.26. The molecule has 0 saturated carbocycles. The number of hydrogen-bond donors (Lipinski definition) is 1. The highest BCUT2D eigenvalue weighted by atomic mass is 16.5. The van der Waals surface area contributed by atoms with Gasteiger partial charge in [0.1, 0.15) is 0 Å². The van der Waals surface area contributed by atoms with E-state index in [0.717, 1.165) is 29.9 Å². The maximum Gasteiger partial charge on any atom is 0.266 e. The summed E-state index contributed by atoms with van der Waals surface area (Å²) in [6, 6.07) is 5.64. The molecule has 6 nitrogen and oxygen atoms in total. The van der Waals surface area contributed by atoms with Crippen LogP contribution in [-0.4, -0.2) is 29.6 Å². The lowest BCUT2D eigenvalue weighted by atomic mass is 10.1. The third-order valence-corrected chi connectivity index (χ3v) is 3.25. The van der Waals surface area contributed by atoms with Crippen LogP contribution in [0.2, 0.25) is 0 Å². The Morgan fingerprint density at radius 2 is 2.26 bits per heavy atom. The Bertz CT molecular complexity index is 604. The molecule has 98 valence electrons. The number of amides is 1. The van der Waals surface area contributed by atoms with Crippen LogP contribution in [0.5, 0.6) is 0 Å². The molecule has 2 aromatic rings. The minimum Gasteiger partial charge on any atom is -0.338 e. The molecule has 1 aromatic heterocycles. The maximum absolute atomic E-state index is 10.5. The summed E-state index contributed by atoms with van der Waals surface area (Å²) in [6.45, 7) is 3.88. The number of aryl methyl sites for hydroxylation is 1. The average Bonchev–Trinajstić information content (AvgIpc) is 2.79. The van der Waals surface area contributed by atoms with E-state index in [4.69, 9.17) is 4.52 Å². The standard InChI is InChI=1S/C13H14N4O2/c1-9-3-4-10(7-11(9)14-8-18)12-15-13(16-19-12)17-5-2-6-17/h3-4,7-8H,2,5-6H2,1H3,(H,14,18). The van der Waals surface area contributed by atoms with Crippen LogP contribution < -0.4 is 10.2 Å². The molecule has 0 radical (unpaired) electrons. The first-order chi connectivity index (χ1) is 9.28. The largest absolute Gasteiger partial charge is 0.338 e. The Hall–Kier alpha value is -2.37. The molecule has 1 saturated heterocycles. The molecule has 3 rings (SSSR count). The number of carbonyl (C=O) groups excluding carboxylic acids is 1. The minimum absolute atomic E-state index is 0.468. The van der Waals surface area contributed by atoms with E-state index >= 15 is 0 Å². The molecule has 0 bridgehead atoms. The van der Waals surface area contributed by atoms with Gasteiger partial charge in [0.25, 0.3) is 11.8 Å². The van der Waals surface area contributed by atoms with Crippen molar-refractivity contribution in [1.29, 1.82) is 0 Å². The first-order valence-electron chi connectivity index (χ1n) is 6.18. The molecular formula is C13H14N4O2. The number of hydrogen-bond acceptors (Lipinski definition) is 5. The van der Waals surface area contributed by atoms with Crippen molar-refractivity contribution >= 4 is 18.0 Å². The molecule has 1 amide bonds. The third-order valence-electron chi connectivity index (χ3n) is 3.25. The van der Waals surface area contributed by atoms with Crippen LogP contribution in [-0.2, 0) is 4.79 Å². The van der Waals surface area contributed by atoms with Crippen LogP contribution in [0.4, 0.5) is 11.6 Å². The second-order valence-corrected chi connectivity index (χ2v) is 4.53. The van der Waals surface area contributed by atoms with E-state index in [1.807, 2.05) is 25.1 Å². The van der Waals surface area contributed by atoms with Gasteiger partial charge in [-0.15, -0.1) is 0 Å². The third kappa shape index (κ3) is 2.16. The fourth-order valence-electron chi connectivity index (χ4n) is 1.95. The van der Waals surface area contributed by atoms with Gasteiger partial charge in [0, 0.05) is 24.3 Å². The summed E-state index contributed by atoms with van der Waals surface area (Å²) >= 11 is 0. The molecule has 0 aliphatic carbocycles. The van der Waals surface area contributed by atoms with Crippen LogP contribution in [0.3, 0.4) is 0 Å². The summed E-state index contributed by atoms with van der Waals surface area (Å²) in [7, 11) is 0. The number of nitrogens with one attached hydrogen (secondary N) is 1. The van der Waals surface area contributed by atoms with Crippen LogP contribution in [0.1, 0.15) is 12.0 Å². The van der Waals surface area contributed by atoms with Crippen molar-refractivity contribution in [2.75, 3.05) is 23.3 Å². The molecule has 0 atom stereocenters. The van der Waals surface area contributed by atoms with Gasteiger partial charge in [0.15, 0.2) is 0 Å². The predicted octanol–water partition coefficient (Wildman–Crippen LogP) is 1.82. The summed E-state index contributed by atoms with van der Waals surface area (Å²) in [5, 5.41) is 6.62. The maximum atomic E-state index is 10.5. The fraction of sp³-hybridized carbons (Fsp3) is 0.308. The molecule has 0 spiro atoms. The lowest BCUT2D eigenvalue weighted by Gasteiger charge is -2.28. The smallest absolute Gasteiger partial charge is 0.266 e. The molecule has 0 unspecified atom stereocenters. The number of rotatable bonds is 4. The van der Waals surface area contributed by atoms with Gasteiger partial charge < -0.3 is 14.7 Å². The highest BCUT2D eigenvalue weighted by Gasteiger charge is 2.20. The SMILES string of the molecule is Cc1ccc(-c2nc(N3CCC3)no2)cc1NC=O. The van der Waals surface area contributed by atoms with Crippen molar-refractivity contribution in [3.63, 3.8) is 0 Å². The van der Waals surface area contributed by atoms with E-state index in [1.165, 1.54) is 6.42 Å². The molecule has 2 heterocycles. The normalized spacial score (nSPS) is 14.1. The number of aromatic nitrogens is 2. The second kappa shape index (κ2) is 4.72. The first-order valence-corrected chi connectivity index (χ1v) is 6.18. The Balaban J connectivity index is 1.90. The minimum atomic E-state index is 0.468. The molecule has 6 heteroatoms. The van der Waals surface area contributed by atoms with Gasteiger partial charge in [-0.3, -0.25) is 4.79 Å². The van der Waals surface area contributed by atoms with Crippen LogP contribution in [0.25, 0.3) is 11.5 Å². The molecule has 1 aliphatic rings. The monoisotopic (exact) mass is 258 g/mol. The van der Waals surface area contributed by atoms with E-state index < -0.39 is 0 Å². The van der Waals surface area contributed by atoms with Gasteiger partial charge in [-0.1, -0.05) is 6.07 Å². The number of nitrogens with zero attached hydrogens (tertiary/aromatic N) is 3. The Kier molecular flexibility index (Phi) is 2.91. The zero-order valence-electron chi connectivity index (χ0n) is 10.6. The first kappa shape index (κ1) is 11.7. The van der Waals surface area contributed by atoms with Gasteiger partial charge >= 0.3 is 0 Å². The van der Waals surface area contributed by atoms with Gasteiger partial charge in [0.05, 0.1) is 0 Å². The van der Waals surface area contributed by atoms with E-state index in [2.05, 4.69) is 20.4 Å². The van der Waals surface area contributed by atoms with Crippen LogP contribution in [0, 0.1) is 6.92 Å². The van der Waals surface area contributed by atoms with Gasteiger partial charge in [-0.25, -0.2) is 0 Å². The van der Waals surface area contributed by atoms with Gasteiger partial charge in [0.2, 0.25) is 6.41 Å². The molecule has 1 fully saturated rings. The van der Waals surface area contributed by atoms with Crippen molar-refractivity contribution < 1.29 is 9.32 Å². The van der Waals surface area contributed by atoms with Crippen molar-refractivity contribution in [3.05, 3.63) is 23.8 Å². The number of anilines is 2. The molecule has 1 aromatic carbocycles. The van der Waals surface area contributed by atoms with Gasteiger partial charge in [-0.2, -0.15) is 4.98 Å². The van der Waals surface area contributed by atoms with E-state index in [1.54, 1.807) is 0 Å². The van der Waals surface area contributed by atoms with Crippen molar-refractivity contribution in [2.24, 2.45) is 0 Å². The molecule has 1 aliphatic heterocycles. The lowest BCUT2D eigenvalue weighted by Crippen LogP contribution is -2.37. The topological polar surface area (TPSA) is 71.3 Å². The second-order valence-electron chi connectivity index (χ2n) is 4.53. The summed E-state index contributed by atoms with van der Waals surface area (Å²) in [4.78, 5) is 17.0.